The van der Waals surface area contributed by atoms with Crippen molar-refractivity contribution in [3.63, 3.8) is 0 Å². The molecule has 0 bridgehead atoms. The predicted molar refractivity (Wildman–Crippen MR) is 144 cm³/mol. The van der Waals surface area contributed by atoms with Crippen molar-refractivity contribution in [2.75, 3.05) is 4.90 Å². The van der Waals surface area contributed by atoms with Crippen molar-refractivity contribution in [1.29, 1.82) is 0 Å². The maximum Gasteiger partial charge on any atom is 0.278 e. The van der Waals surface area contributed by atoms with Crippen LogP contribution >= 0.6 is 0 Å². The summed E-state index contributed by atoms with van der Waals surface area (Å²) in [6.07, 6.45) is 7.45. The molecule has 0 spiro atoms. The molecule has 8 nitrogen and oxygen atoms in total. The number of nitrogens with zero attached hydrogens (tertiary/aromatic N) is 5. The van der Waals surface area contributed by atoms with E-state index in [2.05, 4.69) is 43.6 Å². The summed E-state index contributed by atoms with van der Waals surface area (Å²) < 4.78 is 1.94. The molecule has 1 N–H and O–H groups in total. The average molecular weight is 499 g/mol. The summed E-state index contributed by atoms with van der Waals surface area (Å²) in [6.45, 7) is 6.67. The summed E-state index contributed by atoms with van der Waals surface area (Å²) >= 11 is 0. The molecule has 1 aliphatic heterocycles. The number of hydrogen-bond acceptors (Lipinski definition) is 4. The number of anilines is 1. The van der Waals surface area contributed by atoms with Crippen molar-refractivity contribution in [1.82, 2.24) is 20.1 Å². The third kappa shape index (κ3) is 5.63. The molecule has 2 aromatic carbocycles. The number of rotatable bonds is 6. The van der Waals surface area contributed by atoms with E-state index in [0.29, 0.717) is 18.5 Å². The smallest absolute Gasteiger partial charge is 0.278 e. The summed E-state index contributed by atoms with van der Waals surface area (Å²) in [5.74, 6) is 0.755. The van der Waals surface area contributed by atoms with E-state index in [1.165, 1.54) is 5.56 Å². The topological polar surface area (TPSA) is 92.5 Å². The Morgan fingerprint density at radius 2 is 1.73 bits per heavy atom. The molecule has 5 rings (SSSR count). The molecule has 1 aromatic heterocycles. The molecule has 0 radical (unpaired) electrons. The largest absolute Gasteiger partial charge is 0.354 e. The van der Waals surface area contributed by atoms with E-state index < -0.39 is 0 Å². The van der Waals surface area contributed by atoms with Crippen LogP contribution in [0.15, 0.2) is 60.1 Å². The second-order valence-corrected chi connectivity index (χ2v) is 10.5. The molecule has 2 heterocycles. The second-order valence-electron chi connectivity index (χ2n) is 10.5. The number of hydrogen-bond donors (Lipinski definition) is 1. The molecule has 1 fully saturated rings. The van der Waals surface area contributed by atoms with Crippen LogP contribution in [0.2, 0.25) is 0 Å². The number of benzene rings is 2. The van der Waals surface area contributed by atoms with E-state index in [-0.39, 0.29) is 29.8 Å². The molecule has 1 saturated carbocycles. The number of carbonyl (C=O) groups excluding carboxylic acids is 2. The Morgan fingerprint density at radius 3 is 2.41 bits per heavy atom. The first kappa shape index (κ1) is 24.9. The van der Waals surface area contributed by atoms with Crippen molar-refractivity contribution in [3.8, 4) is 0 Å². The molecular weight excluding hydrogens is 464 g/mol. The monoisotopic (exact) mass is 498 g/mol. The quantitative estimate of drug-likeness (QED) is 0.546. The van der Waals surface area contributed by atoms with Crippen LogP contribution in [0.25, 0.3) is 0 Å². The molecule has 0 atom stereocenters. The fraction of sp³-hybridized carbons (Fsp3) is 0.414. The van der Waals surface area contributed by atoms with Gasteiger partial charge >= 0.3 is 0 Å². The van der Waals surface area contributed by atoms with E-state index in [1.807, 2.05) is 49.6 Å². The van der Waals surface area contributed by atoms with Gasteiger partial charge in [-0.15, -0.1) is 10.2 Å². The molecule has 2 aliphatic rings. The summed E-state index contributed by atoms with van der Waals surface area (Å²) in [6, 6.07) is 14.4. The second kappa shape index (κ2) is 10.7. The SMILES string of the molecule is Cc1ccc(C(=O)N=C2Cc3ccc(Cn4cnnc4)cc3N2C2CCC(C(=O)NC(C)C)CC2)cc1. The third-order valence-electron chi connectivity index (χ3n) is 7.26. The van der Waals surface area contributed by atoms with Crippen molar-refractivity contribution in [2.24, 2.45) is 10.9 Å². The fourth-order valence-electron chi connectivity index (χ4n) is 5.37. The number of aryl methyl sites for hydroxylation is 1. The van der Waals surface area contributed by atoms with Gasteiger partial charge in [0, 0.05) is 35.7 Å². The molecule has 8 heteroatoms. The van der Waals surface area contributed by atoms with Gasteiger partial charge in [-0.2, -0.15) is 4.99 Å². The normalized spacial score (nSPS) is 20.3. The van der Waals surface area contributed by atoms with E-state index in [9.17, 15) is 9.59 Å². The van der Waals surface area contributed by atoms with Gasteiger partial charge in [0.25, 0.3) is 5.91 Å². The first-order chi connectivity index (χ1) is 17.9. The third-order valence-corrected chi connectivity index (χ3v) is 7.26. The zero-order chi connectivity index (χ0) is 25.9. The Kier molecular flexibility index (Phi) is 7.17. The zero-order valence-electron chi connectivity index (χ0n) is 21.7. The average Bonchev–Trinajstić information content (AvgIpc) is 3.51. The van der Waals surface area contributed by atoms with Crippen molar-refractivity contribution in [3.05, 3.63) is 77.4 Å². The number of aliphatic imine (C=N–C) groups is 1. The maximum atomic E-state index is 13.1. The molecule has 1 aliphatic carbocycles. The van der Waals surface area contributed by atoms with Crippen LogP contribution in [-0.2, 0) is 17.8 Å². The number of amidine groups is 1. The van der Waals surface area contributed by atoms with Crippen LogP contribution in [0.5, 0.6) is 0 Å². The highest BCUT2D eigenvalue weighted by Gasteiger charge is 2.36. The van der Waals surface area contributed by atoms with Gasteiger partial charge in [0.1, 0.15) is 18.5 Å². The molecule has 0 unspecified atom stereocenters. The van der Waals surface area contributed by atoms with E-state index in [1.54, 1.807) is 12.7 Å². The fourth-order valence-corrected chi connectivity index (χ4v) is 5.37. The lowest BCUT2D eigenvalue weighted by atomic mass is 9.84. The Morgan fingerprint density at radius 1 is 1.03 bits per heavy atom. The highest BCUT2D eigenvalue weighted by atomic mass is 16.2. The summed E-state index contributed by atoms with van der Waals surface area (Å²) in [5.41, 5.74) is 5.12. The first-order valence-electron chi connectivity index (χ1n) is 13.1. The number of amides is 2. The highest BCUT2D eigenvalue weighted by molar-refractivity contribution is 6.12. The Hall–Kier alpha value is -3.81. The number of nitrogens with one attached hydrogen (secondary N) is 1. The van der Waals surface area contributed by atoms with Crippen molar-refractivity contribution in [2.45, 2.75) is 71.5 Å². The van der Waals surface area contributed by atoms with Crippen molar-refractivity contribution < 1.29 is 9.59 Å². The standard InChI is InChI=1S/C29H34N6O2/c1-19(2)32-28(36)23-10-12-25(13-11-23)35-26-14-21(16-34-17-30-31-18-34)6-9-24(26)15-27(35)33-29(37)22-7-4-20(3)5-8-22/h4-9,14,17-19,23,25H,10-13,15-16H2,1-3H3,(H,32,36). The lowest BCUT2D eigenvalue weighted by Gasteiger charge is -2.36. The van der Waals surface area contributed by atoms with Gasteiger partial charge in [0.2, 0.25) is 5.91 Å². The van der Waals surface area contributed by atoms with Gasteiger partial charge < -0.3 is 14.8 Å². The van der Waals surface area contributed by atoms with Crippen LogP contribution in [0.1, 0.15) is 66.6 Å². The predicted octanol–water partition coefficient (Wildman–Crippen LogP) is 4.32. The minimum atomic E-state index is -0.220. The van der Waals surface area contributed by atoms with E-state index >= 15 is 0 Å². The Balaban J connectivity index is 1.42. The maximum absolute atomic E-state index is 13.1. The van der Waals surface area contributed by atoms with Crippen LogP contribution in [0.4, 0.5) is 5.69 Å². The lowest BCUT2D eigenvalue weighted by Crippen LogP contribution is -2.44. The van der Waals surface area contributed by atoms with Crippen molar-refractivity contribution >= 4 is 23.3 Å². The van der Waals surface area contributed by atoms with Crippen LogP contribution in [-0.4, -0.2) is 44.5 Å². The molecule has 2 amide bonds. The van der Waals surface area contributed by atoms with Gasteiger partial charge in [-0.3, -0.25) is 9.59 Å². The van der Waals surface area contributed by atoms with E-state index in [4.69, 9.17) is 0 Å². The molecule has 192 valence electrons. The number of aromatic nitrogens is 3. The molecule has 37 heavy (non-hydrogen) atoms. The van der Waals surface area contributed by atoms with Crippen LogP contribution in [0.3, 0.4) is 0 Å². The number of carbonyl (C=O) groups is 2. The minimum absolute atomic E-state index is 0.0374. The number of fused-ring (bicyclic) bond motifs is 1. The van der Waals surface area contributed by atoms with Gasteiger partial charge in [0.15, 0.2) is 0 Å². The molecule has 0 saturated heterocycles. The first-order valence-corrected chi connectivity index (χ1v) is 13.1. The Labute approximate surface area is 217 Å². The molecular formula is C29H34N6O2. The highest BCUT2D eigenvalue weighted by Crippen LogP contribution is 2.38. The summed E-state index contributed by atoms with van der Waals surface area (Å²) in [7, 11) is 0. The zero-order valence-corrected chi connectivity index (χ0v) is 21.7. The lowest BCUT2D eigenvalue weighted by molar-refractivity contribution is -0.126. The summed E-state index contributed by atoms with van der Waals surface area (Å²) in [4.78, 5) is 32.7. The Bertz CT molecular complexity index is 1290. The van der Waals surface area contributed by atoms with Crippen LogP contribution in [0, 0.1) is 12.8 Å². The molecule has 3 aromatic rings. The van der Waals surface area contributed by atoms with E-state index in [0.717, 1.165) is 48.3 Å². The summed E-state index contributed by atoms with van der Waals surface area (Å²) in [5, 5.41) is 10.9. The van der Waals surface area contributed by atoms with Gasteiger partial charge in [-0.1, -0.05) is 29.8 Å². The van der Waals surface area contributed by atoms with Gasteiger partial charge in [0.05, 0.1) is 6.54 Å². The van der Waals surface area contributed by atoms with Gasteiger partial charge in [-0.05, 0) is 75.8 Å². The van der Waals surface area contributed by atoms with Gasteiger partial charge in [-0.25, -0.2) is 0 Å². The minimum Gasteiger partial charge on any atom is -0.354 e. The van der Waals surface area contributed by atoms with Crippen LogP contribution < -0.4 is 10.2 Å².